The van der Waals surface area contributed by atoms with E-state index in [1.807, 2.05) is 42.5 Å². The molecule has 4 aromatic rings. The first-order valence-corrected chi connectivity index (χ1v) is 8.50. The Morgan fingerprint density at radius 1 is 0.963 bits per heavy atom. The molecule has 0 saturated heterocycles. The second-order valence-electron chi connectivity index (χ2n) is 6.15. The third-order valence-corrected chi connectivity index (χ3v) is 4.16. The summed E-state index contributed by atoms with van der Waals surface area (Å²) in [5.41, 5.74) is 1.40. The minimum absolute atomic E-state index is 0.159. The van der Waals surface area contributed by atoms with Crippen molar-refractivity contribution in [2.24, 2.45) is 0 Å². The Morgan fingerprint density at radius 3 is 2.59 bits per heavy atom. The summed E-state index contributed by atoms with van der Waals surface area (Å²) in [6.45, 7) is 0.454. The van der Waals surface area contributed by atoms with E-state index in [9.17, 15) is 9.59 Å². The number of nitrogens with one attached hydrogen (secondary N) is 1. The molecule has 0 fully saturated rings. The van der Waals surface area contributed by atoms with Crippen molar-refractivity contribution in [1.82, 2.24) is 19.6 Å². The van der Waals surface area contributed by atoms with Crippen molar-refractivity contribution >= 4 is 22.4 Å². The van der Waals surface area contributed by atoms with E-state index >= 15 is 0 Å². The molecular weight excluding hydrogens is 342 g/mol. The van der Waals surface area contributed by atoms with Crippen LogP contribution in [0.2, 0.25) is 0 Å². The fourth-order valence-electron chi connectivity index (χ4n) is 2.86. The van der Waals surface area contributed by atoms with Crippen LogP contribution in [0.5, 0.6) is 0 Å². The van der Waals surface area contributed by atoms with E-state index in [1.54, 1.807) is 35.4 Å². The Hall–Kier alpha value is -3.74. The summed E-state index contributed by atoms with van der Waals surface area (Å²) < 4.78 is 2.90. The van der Waals surface area contributed by atoms with Crippen LogP contribution in [0.25, 0.3) is 10.8 Å². The predicted molar refractivity (Wildman–Crippen MR) is 102 cm³/mol. The van der Waals surface area contributed by atoms with Gasteiger partial charge in [-0.25, -0.2) is 4.68 Å². The number of hydrogen-bond donors (Lipinski definition) is 1. The maximum absolute atomic E-state index is 12.4. The molecule has 0 atom stereocenters. The van der Waals surface area contributed by atoms with Gasteiger partial charge < -0.3 is 5.32 Å². The summed E-state index contributed by atoms with van der Waals surface area (Å²) in [5.74, 6) is -0.334. The molecule has 4 rings (SSSR count). The number of carbonyl (C=O) groups is 1. The minimum atomic E-state index is -0.334. The molecule has 2 aromatic heterocycles. The van der Waals surface area contributed by atoms with Crippen molar-refractivity contribution in [3.63, 3.8) is 0 Å². The fourth-order valence-corrected chi connectivity index (χ4v) is 2.86. The molecule has 0 spiro atoms. The first-order valence-electron chi connectivity index (χ1n) is 8.50. The zero-order valence-corrected chi connectivity index (χ0v) is 14.4. The summed E-state index contributed by atoms with van der Waals surface area (Å²) in [5, 5.41) is 12.4. The van der Waals surface area contributed by atoms with Crippen LogP contribution in [0.15, 0.2) is 78.0 Å². The SMILES string of the molecule is O=C(Cn1ncc2ccccc2c1=O)Nc1cnn(Cc2ccccc2)c1. The molecule has 7 nitrogen and oxygen atoms in total. The largest absolute Gasteiger partial charge is 0.322 e. The molecule has 7 heteroatoms. The van der Waals surface area contributed by atoms with Crippen molar-refractivity contribution in [1.29, 1.82) is 0 Å². The number of carbonyl (C=O) groups excluding carboxylic acids is 1. The van der Waals surface area contributed by atoms with E-state index in [2.05, 4.69) is 15.5 Å². The van der Waals surface area contributed by atoms with E-state index in [-0.39, 0.29) is 18.0 Å². The average Bonchev–Trinajstić information content (AvgIpc) is 3.11. The van der Waals surface area contributed by atoms with Crippen LogP contribution in [0, 0.1) is 0 Å². The van der Waals surface area contributed by atoms with E-state index in [4.69, 9.17) is 0 Å². The second-order valence-corrected chi connectivity index (χ2v) is 6.15. The van der Waals surface area contributed by atoms with Gasteiger partial charge >= 0.3 is 0 Å². The summed E-state index contributed by atoms with van der Waals surface area (Å²) in [7, 11) is 0. The Balaban J connectivity index is 1.44. The lowest BCUT2D eigenvalue weighted by atomic mass is 10.2. The van der Waals surface area contributed by atoms with Gasteiger partial charge in [0.05, 0.1) is 30.0 Å². The van der Waals surface area contributed by atoms with Crippen LogP contribution in [-0.4, -0.2) is 25.5 Å². The quantitative estimate of drug-likeness (QED) is 0.593. The maximum Gasteiger partial charge on any atom is 0.275 e. The van der Waals surface area contributed by atoms with Crippen LogP contribution >= 0.6 is 0 Å². The molecule has 2 aromatic carbocycles. The Kier molecular flexibility index (Phi) is 4.49. The highest BCUT2D eigenvalue weighted by atomic mass is 16.2. The van der Waals surface area contributed by atoms with E-state index in [1.165, 1.54) is 0 Å². The van der Waals surface area contributed by atoms with Gasteiger partial charge in [0.25, 0.3) is 5.56 Å². The maximum atomic E-state index is 12.4. The minimum Gasteiger partial charge on any atom is -0.322 e. The molecule has 1 amide bonds. The second kappa shape index (κ2) is 7.25. The van der Waals surface area contributed by atoms with Crippen molar-refractivity contribution in [3.05, 3.63) is 89.1 Å². The van der Waals surface area contributed by atoms with Crippen LogP contribution in [0.3, 0.4) is 0 Å². The topological polar surface area (TPSA) is 81.8 Å². The van der Waals surface area contributed by atoms with E-state index in [0.717, 1.165) is 15.6 Å². The molecular formula is C20H17N5O2. The molecule has 0 radical (unpaired) electrons. The number of benzene rings is 2. The van der Waals surface area contributed by atoms with E-state index < -0.39 is 0 Å². The Morgan fingerprint density at radius 2 is 1.74 bits per heavy atom. The molecule has 0 bridgehead atoms. The third-order valence-electron chi connectivity index (χ3n) is 4.16. The monoisotopic (exact) mass is 359 g/mol. The standard InChI is InChI=1S/C20H17N5O2/c26-19(14-25-20(27)18-9-5-4-8-16(18)10-22-25)23-17-11-21-24(13-17)12-15-6-2-1-3-7-15/h1-11,13H,12,14H2,(H,23,26). The van der Waals surface area contributed by atoms with Gasteiger partial charge in [0.15, 0.2) is 0 Å². The molecule has 27 heavy (non-hydrogen) atoms. The highest BCUT2D eigenvalue weighted by Gasteiger charge is 2.10. The number of aromatic nitrogens is 4. The van der Waals surface area contributed by atoms with Gasteiger partial charge in [0, 0.05) is 11.6 Å². The first-order chi connectivity index (χ1) is 13.2. The van der Waals surface area contributed by atoms with Gasteiger partial charge in [-0.3, -0.25) is 14.3 Å². The molecule has 1 N–H and O–H groups in total. The fraction of sp³-hybridized carbons (Fsp3) is 0.100. The van der Waals surface area contributed by atoms with Crippen LogP contribution in [-0.2, 0) is 17.9 Å². The van der Waals surface area contributed by atoms with Gasteiger partial charge in [0.1, 0.15) is 6.54 Å². The number of fused-ring (bicyclic) bond motifs is 1. The van der Waals surface area contributed by atoms with Crippen molar-refractivity contribution in [3.8, 4) is 0 Å². The van der Waals surface area contributed by atoms with Gasteiger partial charge in [0.2, 0.25) is 5.91 Å². The summed E-state index contributed by atoms with van der Waals surface area (Å²) in [6.07, 6.45) is 4.92. The van der Waals surface area contributed by atoms with Gasteiger partial charge in [-0.2, -0.15) is 10.2 Å². The molecule has 2 heterocycles. The van der Waals surface area contributed by atoms with Gasteiger partial charge in [-0.05, 0) is 11.6 Å². The van der Waals surface area contributed by atoms with Gasteiger partial charge in [-0.1, -0.05) is 48.5 Å². The van der Waals surface area contributed by atoms with Crippen molar-refractivity contribution in [2.75, 3.05) is 5.32 Å². The average molecular weight is 359 g/mol. The number of nitrogens with zero attached hydrogens (tertiary/aromatic N) is 4. The number of hydrogen-bond acceptors (Lipinski definition) is 4. The zero-order valence-electron chi connectivity index (χ0n) is 14.4. The number of anilines is 1. The molecule has 0 saturated carbocycles. The molecule has 0 unspecified atom stereocenters. The normalized spacial score (nSPS) is 10.8. The summed E-state index contributed by atoms with van der Waals surface area (Å²) in [6, 6.07) is 17.1. The molecule has 0 aliphatic carbocycles. The Bertz CT molecular complexity index is 1150. The van der Waals surface area contributed by atoms with Crippen LogP contribution in [0.1, 0.15) is 5.56 Å². The number of amides is 1. The van der Waals surface area contributed by atoms with Crippen LogP contribution < -0.4 is 10.9 Å². The predicted octanol–water partition coefficient (Wildman–Crippen LogP) is 2.28. The van der Waals surface area contributed by atoms with Crippen molar-refractivity contribution < 1.29 is 4.79 Å². The van der Waals surface area contributed by atoms with Crippen molar-refractivity contribution in [2.45, 2.75) is 13.1 Å². The highest BCUT2D eigenvalue weighted by molar-refractivity contribution is 5.90. The lowest BCUT2D eigenvalue weighted by Gasteiger charge is -2.06. The van der Waals surface area contributed by atoms with Gasteiger partial charge in [-0.15, -0.1) is 0 Å². The highest BCUT2D eigenvalue weighted by Crippen LogP contribution is 2.09. The summed E-state index contributed by atoms with van der Waals surface area (Å²) >= 11 is 0. The molecule has 0 aliphatic rings. The lowest BCUT2D eigenvalue weighted by Crippen LogP contribution is -2.29. The molecule has 134 valence electrons. The third kappa shape index (κ3) is 3.77. The number of rotatable bonds is 5. The molecule has 0 aliphatic heterocycles. The lowest BCUT2D eigenvalue weighted by molar-refractivity contribution is -0.117. The summed E-state index contributed by atoms with van der Waals surface area (Å²) in [4.78, 5) is 24.7. The zero-order chi connectivity index (χ0) is 18.6. The van der Waals surface area contributed by atoms with E-state index in [0.29, 0.717) is 17.6 Å². The smallest absolute Gasteiger partial charge is 0.275 e. The Labute approximate surface area is 154 Å². The first kappa shape index (κ1) is 16.7. The van der Waals surface area contributed by atoms with Crippen LogP contribution in [0.4, 0.5) is 5.69 Å².